The molecule has 4 heteroatoms. The van der Waals surface area contributed by atoms with Gasteiger partial charge in [-0.3, -0.25) is 4.90 Å². The number of rotatable bonds is 3. The van der Waals surface area contributed by atoms with E-state index in [1.807, 2.05) is 24.3 Å². The minimum absolute atomic E-state index is 0.446. The van der Waals surface area contributed by atoms with E-state index in [0.717, 1.165) is 30.9 Å². The normalized spacial score (nSPS) is 14.9. The third kappa shape index (κ3) is 3.40. The fraction of sp³-hybridized carbons (Fsp3) is 0.235. The van der Waals surface area contributed by atoms with Crippen molar-refractivity contribution in [3.05, 3.63) is 65.2 Å². The highest BCUT2D eigenvalue weighted by Gasteiger charge is 2.15. The number of benzene rings is 2. The Morgan fingerprint density at radius 3 is 2.90 bits per heavy atom. The van der Waals surface area contributed by atoms with Gasteiger partial charge in [-0.2, -0.15) is 0 Å². The zero-order chi connectivity index (χ0) is 14.7. The van der Waals surface area contributed by atoms with Gasteiger partial charge < -0.3 is 10.5 Å². The molecule has 0 aliphatic carbocycles. The largest absolute Gasteiger partial charge is 0.492 e. The Hall–Kier alpha value is -1.91. The zero-order valence-corrected chi connectivity index (χ0v) is 12.6. The van der Waals surface area contributed by atoms with Gasteiger partial charge in [-0.05, 0) is 17.7 Å². The van der Waals surface area contributed by atoms with Crippen LogP contribution in [0.1, 0.15) is 16.7 Å². The number of nitrogens with zero attached hydrogens (tertiary/aromatic N) is 1. The van der Waals surface area contributed by atoms with Gasteiger partial charge in [-0.1, -0.05) is 48.6 Å². The Bertz CT molecular complexity index is 657. The molecule has 0 amide bonds. The maximum absolute atomic E-state index is 5.80. The molecule has 0 aromatic heterocycles. The second-order valence-electron chi connectivity index (χ2n) is 5.23. The zero-order valence-electron chi connectivity index (χ0n) is 11.8. The van der Waals surface area contributed by atoms with E-state index < -0.39 is 0 Å². The minimum Gasteiger partial charge on any atom is -0.492 e. The quantitative estimate of drug-likeness (QED) is 0.884. The van der Waals surface area contributed by atoms with Gasteiger partial charge in [0.05, 0.1) is 0 Å². The smallest absolute Gasteiger partial charge is 0.123 e. The molecule has 21 heavy (non-hydrogen) atoms. The third-order valence-electron chi connectivity index (χ3n) is 3.65. The average molecular weight is 298 g/mol. The van der Waals surface area contributed by atoms with E-state index in [2.05, 4.69) is 29.2 Å². The Morgan fingerprint density at radius 1 is 1.19 bits per heavy atom. The molecule has 0 saturated heterocycles. The van der Waals surface area contributed by atoms with Crippen LogP contribution in [0.15, 0.2) is 48.5 Å². The maximum Gasteiger partial charge on any atom is 0.123 e. The van der Waals surface area contributed by atoms with Crippen molar-refractivity contribution < 1.29 is 4.74 Å². The highest BCUT2D eigenvalue weighted by Crippen LogP contribution is 2.23. The first-order valence-corrected chi connectivity index (χ1v) is 7.45. The van der Waals surface area contributed by atoms with Crippen molar-refractivity contribution in [2.45, 2.75) is 13.1 Å². The lowest BCUT2D eigenvalue weighted by Gasteiger charge is -2.19. The molecule has 0 spiro atoms. The first-order valence-electron chi connectivity index (χ1n) is 7.04. The van der Waals surface area contributed by atoms with E-state index in [1.54, 1.807) is 0 Å². The van der Waals surface area contributed by atoms with Crippen LogP contribution in [0.4, 0.5) is 0 Å². The summed E-state index contributed by atoms with van der Waals surface area (Å²) < 4.78 is 5.80. The van der Waals surface area contributed by atoms with Gasteiger partial charge in [0.1, 0.15) is 17.3 Å². The first kappa shape index (κ1) is 14.0. The molecule has 3 nitrogen and oxygen atoms in total. The summed E-state index contributed by atoms with van der Waals surface area (Å²) in [7, 11) is 0. The SMILES string of the molecule is NC(=S)c1cccc(CN2CCOc3ccccc3C2)c1. The maximum atomic E-state index is 5.80. The molecule has 2 N–H and O–H groups in total. The van der Waals surface area contributed by atoms with Crippen LogP contribution in [0.5, 0.6) is 5.75 Å². The number of ether oxygens (including phenoxy) is 1. The summed E-state index contributed by atoms with van der Waals surface area (Å²) in [6, 6.07) is 16.4. The molecule has 108 valence electrons. The van der Waals surface area contributed by atoms with Gasteiger partial charge in [0.25, 0.3) is 0 Å². The van der Waals surface area contributed by atoms with Crippen LogP contribution in [0.2, 0.25) is 0 Å². The molecule has 2 aromatic carbocycles. The topological polar surface area (TPSA) is 38.5 Å². The summed E-state index contributed by atoms with van der Waals surface area (Å²) in [4.78, 5) is 2.83. The molecule has 1 aliphatic heterocycles. The van der Waals surface area contributed by atoms with Crippen molar-refractivity contribution in [1.82, 2.24) is 4.90 Å². The molecule has 0 fully saturated rings. The minimum atomic E-state index is 0.446. The molecule has 0 unspecified atom stereocenters. The number of para-hydroxylation sites is 1. The first-order chi connectivity index (χ1) is 10.2. The van der Waals surface area contributed by atoms with Crippen LogP contribution in [0.3, 0.4) is 0 Å². The monoisotopic (exact) mass is 298 g/mol. The van der Waals surface area contributed by atoms with Gasteiger partial charge in [-0.15, -0.1) is 0 Å². The lowest BCUT2D eigenvalue weighted by Crippen LogP contribution is -2.25. The van der Waals surface area contributed by atoms with E-state index in [0.29, 0.717) is 11.6 Å². The van der Waals surface area contributed by atoms with Gasteiger partial charge in [0.15, 0.2) is 0 Å². The molecule has 3 rings (SSSR count). The van der Waals surface area contributed by atoms with Gasteiger partial charge >= 0.3 is 0 Å². The Morgan fingerprint density at radius 2 is 2.05 bits per heavy atom. The molecule has 1 heterocycles. The predicted molar refractivity (Wildman–Crippen MR) is 88.4 cm³/mol. The van der Waals surface area contributed by atoms with Crippen molar-refractivity contribution in [1.29, 1.82) is 0 Å². The lowest BCUT2D eigenvalue weighted by molar-refractivity contribution is 0.219. The van der Waals surface area contributed by atoms with E-state index in [-0.39, 0.29) is 0 Å². The second-order valence-corrected chi connectivity index (χ2v) is 5.67. The summed E-state index contributed by atoms with van der Waals surface area (Å²) >= 11 is 5.04. The fourth-order valence-corrected chi connectivity index (χ4v) is 2.72. The standard InChI is InChI=1S/C17H18N2OS/c18-17(21)14-6-3-4-13(10-14)11-19-8-9-20-16-7-2-1-5-15(16)12-19/h1-7,10H,8-9,11-12H2,(H2,18,21). The molecular formula is C17H18N2OS. The number of nitrogens with two attached hydrogens (primary N) is 1. The van der Waals surface area contributed by atoms with Crippen LogP contribution < -0.4 is 10.5 Å². The molecule has 0 saturated carbocycles. The highest BCUT2D eigenvalue weighted by molar-refractivity contribution is 7.80. The third-order valence-corrected chi connectivity index (χ3v) is 3.89. The molecule has 2 aromatic rings. The molecule has 0 atom stereocenters. The Labute approximate surface area is 130 Å². The number of hydrogen-bond acceptors (Lipinski definition) is 3. The molecule has 1 aliphatic rings. The number of thiocarbonyl (C=S) groups is 1. The van der Waals surface area contributed by atoms with Crippen LogP contribution in [0, 0.1) is 0 Å². The van der Waals surface area contributed by atoms with Gasteiger partial charge in [0.2, 0.25) is 0 Å². The van der Waals surface area contributed by atoms with Gasteiger partial charge in [0, 0.05) is 30.8 Å². The van der Waals surface area contributed by atoms with Crippen molar-refractivity contribution in [2.24, 2.45) is 5.73 Å². The summed E-state index contributed by atoms with van der Waals surface area (Å²) in [6.07, 6.45) is 0. The second kappa shape index (κ2) is 6.24. The average Bonchev–Trinajstić information content (AvgIpc) is 2.69. The Balaban J connectivity index is 1.76. The highest BCUT2D eigenvalue weighted by atomic mass is 32.1. The number of hydrogen-bond donors (Lipinski definition) is 1. The van der Waals surface area contributed by atoms with E-state index in [9.17, 15) is 0 Å². The van der Waals surface area contributed by atoms with Crippen molar-refractivity contribution in [2.75, 3.05) is 13.2 Å². The summed E-state index contributed by atoms with van der Waals surface area (Å²) in [5.41, 5.74) is 9.09. The summed E-state index contributed by atoms with van der Waals surface area (Å²) in [5.74, 6) is 0.997. The molecule has 0 radical (unpaired) electrons. The number of fused-ring (bicyclic) bond motifs is 1. The van der Waals surface area contributed by atoms with E-state index in [1.165, 1.54) is 11.1 Å². The lowest BCUT2D eigenvalue weighted by atomic mass is 10.1. The summed E-state index contributed by atoms with van der Waals surface area (Å²) in [6.45, 7) is 3.39. The van der Waals surface area contributed by atoms with Crippen molar-refractivity contribution >= 4 is 17.2 Å². The summed E-state index contributed by atoms with van der Waals surface area (Å²) in [5, 5.41) is 0. The molecular weight excluding hydrogens is 280 g/mol. The predicted octanol–water partition coefficient (Wildman–Crippen LogP) is 2.72. The van der Waals surface area contributed by atoms with Crippen molar-refractivity contribution in [3.8, 4) is 5.75 Å². The van der Waals surface area contributed by atoms with E-state index in [4.69, 9.17) is 22.7 Å². The van der Waals surface area contributed by atoms with Gasteiger partial charge in [-0.25, -0.2) is 0 Å². The van der Waals surface area contributed by atoms with Crippen LogP contribution >= 0.6 is 12.2 Å². The van der Waals surface area contributed by atoms with Crippen LogP contribution in [-0.2, 0) is 13.1 Å². The van der Waals surface area contributed by atoms with Crippen molar-refractivity contribution in [3.63, 3.8) is 0 Å². The van der Waals surface area contributed by atoms with Crippen LogP contribution in [-0.4, -0.2) is 23.0 Å². The Kier molecular flexibility index (Phi) is 4.18. The fourth-order valence-electron chi connectivity index (χ4n) is 2.60. The van der Waals surface area contributed by atoms with Crippen LogP contribution in [0.25, 0.3) is 0 Å². The van der Waals surface area contributed by atoms with E-state index >= 15 is 0 Å². The molecule has 0 bridgehead atoms.